The third-order valence-corrected chi connectivity index (χ3v) is 3.43. The second-order valence-corrected chi connectivity index (χ2v) is 5.44. The highest BCUT2D eigenvalue weighted by Gasteiger charge is 2.00. The lowest BCUT2D eigenvalue weighted by Crippen LogP contribution is -1.99. The van der Waals surface area contributed by atoms with Gasteiger partial charge in [-0.05, 0) is 38.5 Å². The largest absolute Gasteiger partial charge is 0.342 e. The van der Waals surface area contributed by atoms with Crippen LogP contribution in [0.5, 0.6) is 0 Å². The van der Waals surface area contributed by atoms with Crippen molar-refractivity contribution in [2.24, 2.45) is 0 Å². The number of hydrogen-bond acceptors (Lipinski definition) is 3. The van der Waals surface area contributed by atoms with Gasteiger partial charge in [0.25, 0.3) is 0 Å². The summed E-state index contributed by atoms with van der Waals surface area (Å²) in [4.78, 5) is 14.3. The number of hydrogen-bond donors (Lipinski definition) is 1. The Morgan fingerprint density at radius 2 is 1.43 bits per heavy atom. The average Bonchev–Trinajstić information content (AvgIpc) is 2.50. The van der Waals surface area contributed by atoms with Crippen LogP contribution in [0.15, 0.2) is 24.3 Å². The van der Waals surface area contributed by atoms with E-state index in [1.807, 2.05) is 0 Å². The van der Waals surface area contributed by atoms with E-state index in [1.54, 1.807) is 0 Å². The van der Waals surface area contributed by atoms with E-state index in [2.05, 4.69) is 36.1 Å². The lowest BCUT2D eigenvalue weighted by Gasteiger charge is -1.99. The van der Waals surface area contributed by atoms with Gasteiger partial charge in [0.1, 0.15) is 0 Å². The number of carbonyl (C=O) groups is 1. The molecular weight excluding hydrogens is 268 g/mol. The third kappa shape index (κ3) is 16.9. The molecule has 21 heavy (non-hydrogen) atoms. The summed E-state index contributed by atoms with van der Waals surface area (Å²) in [5.41, 5.74) is 0. The summed E-state index contributed by atoms with van der Waals surface area (Å²) in [5.74, 6) is -0.527. The van der Waals surface area contributed by atoms with Crippen LogP contribution in [-0.2, 0) is 9.68 Å². The first-order valence-corrected chi connectivity index (χ1v) is 8.45. The van der Waals surface area contributed by atoms with Crippen molar-refractivity contribution >= 4 is 5.97 Å². The van der Waals surface area contributed by atoms with E-state index in [1.165, 1.54) is 38.5 Å². The Labute approximate surface area is 130 Å². The fourth-order valence-electron chi connectivity index (χ4n) is 2.13. The summed E-state index contributed by atoms with van der Waals surface area (Å²) in [6, 6.07) is 0. The molecule has 0 aromatic carbocycles. The molecule has 0 aromatic heterocycles. The van der Waals surface area contributed by atoms with Gasteiger partial charge in [-0.1, -0.05) is 63.3 Å². The Hall–Kier alpha value is -1.09. The first-order valence-electron chi connectivity index (χ1n) is 8.45. The highest BCUT2D eigenvalue weighted by Crippen LogP contribution is 2.08. The fourth-order valence-corrected chi connectivity index (χ4v) is 2.13. The lowest BCUT2D eigenvalue weighted by molar-refractivity contribution is -0.234. The summed E-state index contributed by atoms with van der Waals surface area (Å²) < 4.78 is 0. The molecule has 0 aromatic rings. The van der Waals surface area contributed by atoms with Gasteiger partial charge in [-0.3, -0.25) is 0 Å². The first kappa shape index (κ1) is 19.9. The summed E-state index contributed by atoms with van der Waals surface area (Å²) in [6.45, 7) is 2.23. The van der Waals surface area contributed by atoms with Gasteiger partial charge in [-0.25, -0.2) is 4.79 Å². The molecule has 0 aliphatic rings. The standard InChI is InChI=1S/C18H32O3/c1-2-3-4-5-6-7-8-9-10-11-12-13-14-15-16-17-18(19)21-20/h6-7,9-10,20H,2-5,8,11-17H2,1H3/b7-6-,10-9-/i20+2,21+2. The van der Waals surface area contributed by atoms with Gasteiger partial charge in [0, 0.05) is 6.42 Å². The molecule has 0 spiro atoms. The van der Waals surface area contributed by atoms with E-state index >= 15 is 0 Å². The zero-order chi connectivity index (χ0) is 15.6. The zero-order valence-corrected chi connectivity index (χ0v) is 13.6. The Morgan fingerprint density at radius 1 is 0.857 bits per heavy atom. The molecule has 0 unspecified atom stereocenters. The summed E-state index contributed by atoms with van der Waals surface area (Å²) in [6.07, 6.45) is 22.1. The molecule has 0 rings (SSSR count). The van der Waals surface area contributed by atoms with Gasteiger partial charge >= 0.3 is 5.97 Å². The highest BCUT2D eigenvalue weighted by atomic mass is 19.1. The second kappa shape index (κ2) is 17.0. The van der Waals surface area contributed by atoms with Crippen molar-refractivity contribution in [3.63, 3.8) is 0 Å². The van der Waals surface area contributed by atoms with E-state index in [9.17, 15) is 4.79 Å². The predicted molar refractivity (Wildman–Crippen MR) is 88.1 cm³/mol. The molecule has 0 bridgehead atoms. The normalized spacial score (nSPS) is 11.5. The minimum Gasteiger partial charge on any atom is -0.301 e. The Bertz CT molecular complexity index is 282. The van der Waals surface area contributed by atoms with Gasteiger partial charge in [-0.2, -0.15) is 5.26 Å². The van der Waals surface area contributed by atoms with Crippen molar-refractivity contribution in [3.05, 3.63) is 24.3 Å². The smallest absolute Gasteiger partial charge is 0.301 e. The van der Waals surface area contributed by atoms with Gasteiger partial charge in [0.2, 0.25) is 0 Å². The molecule has 0 saturated carbocycles. The van der Waals surface area contributed by atoms with E-state index < -0.39 is 5.97 Å². The van der Waals surface area contributed by atoms with Crippen molar-refractivity contribution in [1.82, 2.24) is 0 Å². The maximum Gasteiger partial charge on any atom is 0.342 e. The molecule has 0 aliphatic heterocycles. The topological polar surface area (TPSA) is 46.5 Å². The molecule has 122 valence electrons. The molecule has 0 aliphatic carbocycles. The molecule has 0 atom stereocenters. The predicted octanol–water partition coefficient (Wildman–Crippen LogP) is 5.82. The number of unbranched alkanes of at least 4 members (excludes halogenated alkanes) is 8. The fraction of sp³-hybridized carbons (Fsp3) is 0.722. The number of rotatable bonds is 14. The summed E-state index contributed by atoms with van der Waals surface area (Å²) in [5, 5.41) is 8.09. The maximum atomic E-state index is 10.7. The van der Waals surface area contributed by atoms with E-state index in [0.29, 0.717) is 6.42 Å². The van der Waals surface area contributed by atoms with Gasteiger partial charge in [-0.15, -0.1) is 0 Å². The van der Waals surface area contributed by atoms with Crippen molar-refractivity contribution in [2.75, 3.05) is 0 Å². The molecule has 3 heteroatoms. The zero-order valence-electron chi connectivity index (χ0n) is 13.6. The van der Waals surface area contributed by atoms with Crippen molar-refractivity contribution in [1.29, 1.82) is 0 Å². The number of allylic oxidation sites excluding steroid dienone is 4. The monoisotopic (exact) mass is 300 g/mol. The van der Waals surface area contributed by atoms with Crippen molar-refractivity contribution < 1.29 is 14.9 Å². The van der Waals surface area contributed by atoms with Crippen LogP contribution in [0.25, 0.3) is 0 Å². The van der Waals surface area contributed by atoms with Crippen LogP contribution in [0.4, 0.5) is 0 Å². The van der Waals surface area contributed by atoms with Crippen LogP contribution >= 0.6 is 0 Å². The van der Waals surface area contributed by atoms with Crippen LogP contribution in [0.3, 0.4) is 0 Å². The third-order valence-electron chi connectivity index (χ3n) is 3.43. The molecule has 0 radical (unpaired) electrons. The van der Waals surface area contributed by atoms with Gasteiger partial charge in [0.05, 0.1) is 0 Å². The molecule has 0 amide bonds. The molecule has 3 nitrogen and oxygen atoms in total. The molecule has 1 N–H and O–H groups in total. The molecular formula is C18H32O3. The number of carbonyl (C=O) groups excluding carboxylic acids is 1. The van der Waals surface area contributed by atoms with Gasteiger partial charge < -0.3 is 4.89 Å². The van der Waals surface area contributed by atoms with Crippen molar-refractivity contribution in [3.8, 4) is 0 Å². The minimum absolute atomic E-state index is 0.320. The quantitative estimate of drug-likeness (QED) is 0.145. The second-order valence-electron chi connectivity index (χ2n) is 5.44. The first-order chi connectivity index (χ1) is 10.3. The highest BCUT2D eigenvalue weighted by molar-refractivity contribution is 5.68. The van der Waals surface area contributed by atoms with E-state index in [-0.39, 0.29) is 0 Å². The Kier molecular flexibility index (Phi) is 16.1. The SMILES string of the molecule is CCCCC/C=C\C/C=C\CCCCCCCC(=O)[18O][18OH]. The average molecular weight is 300 g/mol. The molecule has 0 heterocycles. The van der Waals surface area contributed by atoms with Crippen LogP contribution in [0.1, 0.15) is 84.0 Å². The Morgan fingerprint density at radius 3 is 2.05 bits per heavy atom. The van der Waals surface area contributed by atoms with E-state index in [4.69, 9.17) is 5.26 Å². The minimum atomic E-state index is -0.527. The lowest BCUT2D eigenvalue weighted by atomic mass is 10.1. The molecule has 0 saturated heterocycles. The summed E-state index contributed by atoms with van der Waals surface area (Å²) >= 11 is 0. The van der Waals surface area contributed by atoms with Gasteiger partial charge in [0.15, 0.2) is 0 Å². The summed E-state index contributed by atoms with van der Waals surface area (Å²) in [7, 11) is 0. The van der Waals surface area contributed by atoms with Crippen LogP contribution in [0, 0.1) is 0 Å². The Balaban J connectivity index is 3.20. The van der Waals surface area contributed by atoms with E-state index in [0.717, 1.165) is 32.1 Å². The maximum absolute atomic E-state index is 10.7. The van der Waals surface area contributed by atoms with Crippen molar-refractivity contribution in [2.45, 2.75) is 84.0 Å². The van der Waals surface area contributed by atoms with Crippen LogP contribution in [-0.4, -0.2) is 11.2 Å². The van der Waals surface area contributed by atoms with Crippen LogP contribution in [0.2, 0.25) is 0 Å². The van der Waals surface area contributed by atoms with Crippen LogP contribution < -0.4 is 0 Å². The molecule has 0 fully saturated rings.